The van der Waals surface area contributed by atoms with Crippen molar-refractivity contribution in [1.29, 1.82) is 0 Å². The Labute approximate surface area is 169 Å². The molecule has 5 heterocycles. The molecule has 28 heavy (non-hydrogen) atoms. The Balaban J connectivity index is 1.41. The molecule has 0 unspecified atom stereocenters. The average molecular weight is 402 g/mol. The number of morpholine rings is 1. The summed E-state index contributed by atoms with van der Waals surface area (Å²) in [5.74, 6) is 0.834. The molecule has 2 saturated heterocycles. The molecule has 0 aliphatic carbocycles. The lowest BCUT2D eigenvalue weighted by molar-refractivity contribution is -0.00584. The van der Waals surface area contributed by atoms with Crippen LogP contribution < -0.4 is 4.90 Å². The SMILES string of the molecule is C[C@@H]1CN(c2ncc3c(n2)[C@]2(CCN(Cc4nccs4)C2)COC3)C[C@@H](C)O1. The number of likely N-dealkylation sites (tertiary alicyclic amines) is 1. The van der Waals surface area contributed by atoms with Crippen LogP contribution >= 0.6 is 11.3 Å². The van der Waals surface area contributed by atoms with E-state index in [0.29, 0.717) is 6.61 Å². The van der Waals surface area contributed by atoms with Crippen molar-refractivity contribution in [2.75, 3.05) is 37.7 Å². The number of fused-ring (bicyclic) bond motifs is 2. The molecule has 0 aromatic carbocycles. The molecule has 0 amide bonds. The molecule has 150 valence electrons. The van der Waals surface area contributed by atoms with Gasteiger partial charge in [-0.25, -0.2) is 15.0 Å². The summed E-state index contributed by atoms with van der Waals surface area (Å²) in [6.45, 7) is 10.2. The summed E-state index contributed by atoms with van der Waals surface area (Å²) in [7, 11) is 0. The van der Waals surface area contributed by atoms with Crippen molar-refractivity contribution in [3.63, 3.8) is 0 Å². The van der Waals surface area contributed by atoms with Crippen LogP contribution in [0.4, 0.5) is 5.95 Å². The summed E-state index contributed by atoms with van der Waals surface area (Å²) in [6, 6.07) is 0. The van der Waals surface area contributed by atoms with E-state index in [2.05, 4.69) is 33.6 Å². The highest BCUT2D eigenvalue weighted by Gasteiger charge is 2.45. The molecule has 1 spiro atoms. The second-order valence-electron chi connectivity index (χ2n) is 8.37. The average Bonchev–Trinajstić information content (AvgIpc) is 3.32. The van der Waals surface area contributed by atoms with Crippen LogP contribution in [-0.4, -0.2) is 64.8 Å². The van der Waals surface area contributed by atoms with Gasteiger partial charge in [-0.05, 0) is 26.8 Å². The molecule has 0 N–H and O–H groups in total. The number of hydrogen-bond donors (Lipinski definition) is 0. The largest absolute Gasteiger partial charge is 0.376 e. The Morgan fingerprint density at radius 2 is 2.11 bits per heavy atom. The lowest BCUT2D eigenvalue weighted by Crippen LogP contribution is -2.47. The predicted molar refractivity (Wildman–Crippen MR) is 108 cm³/mol. The van der Waals surface area contributed by atoms with Gasteiger partial charge in [0.25, 0.3) is 0 Å². The van der Waals surface area contributed by atoms with Crippen LogP contribution in [0.15, 0.2) is 17.8 Å². The standard InChI is InChI=1S/C20H27N5O2S/c1-14-8-25(9-15(2)27-14)19-22-7-16-11-26-13-20(18(16)23-19)3-5-24(12-20)10-17-21-4-6-28-17/h4,6-7,14-15H,3,5,8-13H2,1-2H3/t14-,15-,20+/m1/s1. The second-order valence-corrected chi connectivity index (χ2v) is 9.34. The molecule has 5 rings (SSSR count). The van der Waals surface area contributed by atoms with Gasteiger partial charge in [0.05, 0.1) is 43.1 Å². The highest BCUT2D eigenvalue weighted by molar-refractivity contribution is 7.09. The van der Waals surface area contributed by atoms with Gasteiger partial charge in [-0.3, -0.25) is 4.90 Å². The predicted octanol–water partition coefficient (Wildman–Crippen LogP) is 2.22. The summed E-state index contributed by atoms with van der Waals surface area (Å²) in [5, 5.41) is 3.22. The molecular weight excluding hydrogens is 374 g/mol. The molecule has 0 bridgehead atoms. The Morgan fingerprint density at radius 1 is 1.25 bits per heavy atom. The van der Waals surface area contributed by atoms with Crippen LogP contribution in [0.2, 0.25) is 0 Å². The van der Waals surface area contributed by atoms with Crippen molar-refractivity contribution in [3.8, 4) is 0 Å². The number of hydrogen-bond acceptors (Lipinski definition) is 8. The zero-order chi connectivity index (χ0) is 19.1. The Hall–Kier alpha value is -1.61. The van der Waals surface area contributed by atoms with E-state index in [1.54, 1.807) is 11.3 Å². The Kier molecular flexibility index (Phi) is 4.82. The quantitative estimate of drug-likeness (QED) is 0.781. The number of aromatic nitrogens is 3. The van der Waals surface area contributed by atoms with E-state index < -0.39 is 0 Å². The fourth-order valence-corrected chi connectivity index (χ4v) is 5.46. The van der Waals surface area contributed by atoms with Crippen LogP contribution in [-0.2, 0) is 28.0 Å². The van der Waals surface area contributed by atoms with E-state index in [-0.39, 0.29) is 17.6 Å². The monoisotopic (exact) mass is 401 g/mol. The molecule has 3 atom stereocenters. The molecule has 8 heteroatoms. The lowest BCUT2D eigenvalue weighted by atomic mass is 9.80. The van der Waals surface area contributed by atoms with E-state index in [1.807, 2.05) is 17.8 Å². The fraction of sp³-hybridized carbons (Fsp3) is 0.650. The number of nitrogens with zero attached hydrogens (tertiary/aromatic N) is 5. The number of rotatable bonds is 3. The number of anilines is 1. The van der Waals surface area contributed by atoms with Crippen molar-refractivity contribution >= 4 is 17.3 Å². The lowest BCUT2D eigenvalue weighted by Gasteiger charge is -2.38. The normalized spacial score (nSPS) is 30.7. The first-order valence-corrected chi connectivity index (χ1v) is 10.9. The third-order valence-corrected chi connectivity index (χ3v) is 6.73. The first-order chi connectivity index (χ1) is 13.6. The number of thiazole rings is 1. The second kappa shape index (κ2) is 7.33. The van der Waals surface area contributed by atoms with Gasteiger partial charge in [-0.2, -0.15) is 0 Å². The Morgan fingerprint density at radius 3 is 2.89 bits per heavy atom. The van der Waals surface area contributed by atoms with Crippen molar-refractivity contribution in [2.24, 2.45) is 0 Å². The molecule has 3 aliphatic heterocycles. The Bertz CT molecular complexity index is 822. The maximum absolute atomic E-state index is 5.98. The van der Waals surface area contributed by atoms with Gasteiger partial charge in [0.2, 0.25) is 5.95 Å². The third kappa shape index (κ3) is 3.43. The van der Waals surface area contributed by atoms with E-state index in [1.165, 1.54) is 10.7 Å². The maximum atomic E-state index is 5.98. The third-order valence-electron chi connectivity index (χ3n) is 5.97. The first-order valence-electron chi connectivity index (χ1n) is 10.1. The van der Waals surface area contributed by atoms with Gasteiger partial charge in [0.15, 0.2) is 0 Å². The van der Waals surface area contributed by atoms with Crippen LogP contribution in [0.25, 0.3) is 0 Å². The zero-order valence-electron chi connectivity index (χ0n) is 16.5. The van der Waals surface area contributed by atoms with Gasteiger partial charge in [0.1, 0.15) is 5.01 Å². The zero-order valence-corrected chi connectivity index (χ0v) is 17.3. The molecule has 3 aliphatic rings. The minimum absolute atomic E-state index is 0.0357. The molecule has 0 saturated carbocycles. The van der Waals surface area contributed by atoms with E-state index >= 15 is 0 Å². The van der Waals surface area contributed by atoms with Gasteiger partial charge in [0, 0.05) is 43.0 Å². The van der Waals surface area contributed by atoms with E-state index in [9.17, 15) is 0 Å². The van der Waals surface area contributed by atoms with Crippen LogP contribution in [0.1, 0.15) is 36.5 Å². The summed E-state index contributed by atoms with van der Waals surface area (Å²) in [4.78, 5) is 19.0. The minimum atomic E-state index is -0.0357. The van der Waals surface area contributed by atoms with Gasteiger partial charge < -0.3 is 14.4 Å². The minimum Gasteiger partial charge on any atom is -0.376 e. The van der Waals surface area contributed by atoms with E-state index in [0.717, 1.165) is 57.3 Å². The van der Waals surface area contributed by atoms with E-state index in [4.69, 9.17) is 14.5 Å². The molecule has 0 radical (unpaired) electrons. The molecule has 2 aromatic rings. The smallest absolute Gasteiger partial charge is 0.225 e. The van der Waals surface area contributed by atoms with Crippen molar-refractivity contribution in [3.05, 3.63) is 34.0 Å². The molecule has 2 fully saturated rings. The van der Waals surface area contributed by atoms with Crippen molar-refractivity contribution in [2.45, 2.75) is 51.0 Å². The van der Waals surface area contributed by atoms with Gasteiger partial charge >= 0.3 is 0 Å². The van der Waals surface area contributed by atoms with Crippen LogP contribution in [0.5, 0.6) is 0 Å². The van der Waals surface area contributed by atoms with Crippen molar-refractivity contribution < 1.29 is 9.47 Å². The highest BCUT2D eigenvalue weighted by Crippen LogP contribution is 2.40. The molecule has 2 aromatic heterocycles. The molecule has 7 nitrogen and oxygen atoms in total. The number of ether oxygens (including phenoxy) is 2. The summed E-state index contributed by atoms with van der Waals surface area (Å²) < 4.78 is 11.9. The highest BCUT2D eigenvalue weighted by atomic mass is 32.1. The van der Waals surface area contributed by atoms with Crippen LogP contribution in [0.3, 0.4) is 0 Å². The van der Waals surface area contributed by atoms with Gasteiger partial charge in [-0.1, -0.05) is 0 Å². The molecular formula is C20H27N5O2S. The van der Waals surface area contributed by atoms with Crippen LogP contribution in [0, 0.1) is 0 Å². The maximum Gasteiger partial charge on any atom is 0.225 e. The first kappa shape index (κ1) is 18.4. The topological polar surface area (TPSA) is 63.6 Å². The summed E-state index contributed by atoms with van der Waals surface area (Å²) >= 11 is 1.72. The summed E-state index contributed by atoms with van der Waals surface area (Å²) in [6.07, 6.45) is 5.32. The fourth-order valence-electron chi connectivity index (χ4n) is 4.81. The van der Waals surface area contributed by atoms with Gasteiger partial charge in [-0.15, -0.1) is 11.3 Å². The van der Waals surface area contributed by atoms with Crippen molar-refractivity contribution in [1.82, 2.24) is 19.9 Å². The summed E-state index contributed by atoms with van der Waals surface area (Å²) in [5.41, 5.74) is 2.30.